The Morgan fingerprint density at radius 1 is 1.33 bits per heavy atom. The van der Waals surface area contributed by atoms with E-state index in [2.05, 4.69) is 11.1 Å². The SMILES string of the molecule is CCCC(=O)C(C)C.Cc1nc2ccccc2s1. The van der Waals surface area contributed by atoms with Gasteiger partial charge in [-0.1, -0.05) is 32.9 Å². The van der Waals surface area contributed by atoms with Crippen molar-refractivity contribution in [1.29, 1.82) is 0 Å². The third-order valence-corrected chi connectivity index (χ3v) is 3.49. The first-order valence-electron chi connectivity index (χ1n) is 6.39. The van der Waals surface area contributed by atoms with Gasteiger partial charge in [0.2, 0.25) is 0 Å². The standard InChI is InChI=1S/C8H7NS.C7H14O/c1-6-9-7-4-2-3-5-8(7)10-6;1-4-5-7(8)6(2)3/h2-5H,1H3;6H,4-5H2,1-3H3. The van der Waals surface area contributed by atoms with Gasteiger partial charge in [0, 0.05) is 12.3 Å². The van der Waals surface area contributed by atoms with Crippen LogP contribution in [0.5, 0.6) is 0 Å². The molecule has 0 aliphatic heterocycles. The maximum atomic E-state index is 10.7. The third-order valence-electron chi connectivity index (χ3n) is 2.54. The maximum absolute atomic E-state index is 10.7. The summed E-state index contributed by atoms with van der Waals surface area (Å²) in [4.78, 5) is 15.1. The number of hydrogen-bond donors (Lipinski definition) is 0. The van der Waals surface area contributed by atoms with Crippen molar-refractivity contribution in [2.75, 3.05) is 0 Å². The Morgan fingerprint density at radius 3 is 2.50 bits per heavy atom. The van der Waals surface area contributed by atoms with Gasteiger partial charge in [-0.05, 0) is 25.5 Å². The van der Waals surface area contributed by atoms with Crippen molar-refractivity contribution in [3.05, 3.63) is 29.3 Å². The average molecular weight is 263 g/mol. The first-order valence-corrected chi connectivity index (χ1v) is 7.21. The first kappa shape index (κ1) is 14.8. The van der Waals surface area contributed by atoms with E-state index in [1.807, 2.05) is 45.9 Å². The van der Waals surface area contributed by atoms with Crippen molar-refractivity contribution < 1.29 is 4.79 Å². The van der Waals surface area contributed by atoms with E-state index in [0.29, 0.717) is 5.78 Å². The van der Waals surface area contributed by atoms with Crippen LogP contribution >= 0.6 is 11.3 Å². The Balaban J connectivity index is 0.000000187. The van der Waals surface area contributed by atoms with E-state index in [1.54, 1.807) is 11.3 Å². The Kier molecular flexibility index (Phi) is 5.99. The van der Waals surface area contributed by atoms with Crippen LogP contribution in [0.15, 0.2) is 24.3 Å². The molecule has 18 heavy (non-hydrogen) atoms. The van der Waals surface area contributed by atoms with Crippen LogP contribution in [-0.4, -0.2) is 10.8 Å². The fourth-order valence-electron chi connectivity index (χ4n) is 1.52. The van der Waals surface area contributed by atoms with Gasteiger partial charge in [-0.25, -0.2) is 4.98 Å². The average Bonchev–Trinajstić information content (AvgIpc) is 2.70. The minimum absolute atomic E-state index is 0.231. The molecule has 0 saturated carbocycles. The number of carbonyl (C=O) groups is 1. The molecular weight excluding hydrogens is 242 g/mol. The Labute approximate surface area is 113 Å². The Bertz CT molecular complexity index is 469. The predicted molar refractivity (Wildman–Crippen MR) is 79.1 cm³/mol. The molecule has 0 fully saturated rings. The topological polar surface area (TPSA) is 30.0 Å². The van der Waals surface area contributed by atoms with Crippen LogP contribution in [0.2, 0.25) is 0 Å². The van der Waals surface area contributed by atoms with Gasteiger partial charge in [-0.2, -0.15) is 0 Å². The Morgan fingerprint density at radius 2 is 2.00 bits per heavy atom. The lowest BCUT2D eigenvalue weighted by Gasteiger charge is -1.98. The number of ketones is 1. The molecule has 0 amide bonds. The molecule has 0 unspecified atom stereocenters. The van der Waals surface area contributed by atoms with Crippen LogP contribution in [0, 0.1) is 12.8 Å². The van der Waals surface area contributed by atoms with E-state index in [1.165, 1.54) is 4.70 Å². The highest BCUT2D eigenvalue weighted by atomic mass is 32.1. The molecule has 0 atom stereocenters. The van der Waals surface area contributed by atoms with Gasteiger partial charge in [0.25, 0.3) is 0 Å². The quantitative estimate of drug-likeness (QED) is 0.809. The molecule has 0 N–H and O–H groups in total. The van der Waals surface area contributed by atoms with Crippen LogP contribution in [0.1, 0.15) is 38.6 Å². The largest absolute Gasteiger partial charge is 0.299 e. The maximum Gasteiger partial charge on any atom is 0.135 e. The van der Waals surface area contributed by atoms with E-state index in [9.17, 15) is 4.79 Å². The highest BCUT2D eigenvalue weighted by molar-refractivity contribution is 7.18. The molecule has 1 aromatic carbocycles. The van der Waals surface area contributed by atoms with Gasteiger partial charge in [0.1, 0.15) is 5.78 Å². The van der Waals surface area contributed by atoms with Crippen LogP contribution in [0.4, 0.5) is 0 Å². The summed E-state index contributed by atoms with van der Waals surface area (Å²) in [7, 11) is 0. The molecule has 2 aromatic rings. The minimum atomic E-state index is 0.231. The normalized spacial score (nSPS) is 10.3. The zero-order valence-electron chi connectivity index (χ0n) is 11.6. The second kappa shape index (κ2) is 7.27. The van der Waals surface area contributed by atoms with Crippen LogP contribution in [0.3, 0.4) is 0 Å². The second-order valence-corrected chi connectivity index (χ2v) is 5.81. The molecule has 0 bridgehead atoms. The summed E-state index contributed by atoms with van der Waals surface area (Å²) in [6, 6.07) is 8.19. The van der Waals surface area contributed by atoms with Gasteiger partial charge in [-0.3, -0.25) is 4.79 Å². The molecule has 3 heteroatoms. The second-order valence-electron chi connectivity index (χ2n) is 4.57. The van der Waals surface area contributed by atoms with Crippen molar-refractivity contribution in [1.82, 2.24) is 4.98 Å². The number of benzene rings is 1. The Hall–Kier alpha value is -1.22. The summed E-state index contributed by atoms with van der Waals surface area (Å²) in [5.41, 5.74) is 1.12. The number of carbonyl (C=O) groups excluding carboxylic acids is 1. The van der Waals surface area contributed by atoms with Crippen molar-refractivity contribution in [3.63, 3.8) is 0 Å². The van der Waals surface area contributed by atoms with Crippen molar-refractivity contribution >= 4 is 27.3 Å². The highest BCUT2D eigenvalue weighted by Gasteiger charge is 2.03. The zero-order valence-corrected chi connectivity index (χ0v) is 12.4. The summed E-state index contributed by atoms with van der Waals surface area (Å²) in [6.07, 6.45) is 1.73. The van der Waals surface area contributed by atoms with E-state index in [4.69, 9.17) is 0 Å². The molecule has 0 saturated heterocycles. The zero-order chi connectivity index (χ0) is 13.5. The first-order chi connectivity index (χ1) is 8.54. The lowest BCUT2D eigenvalue weighted by molar-refractivity contribution is -0.121. The number of Topliss-reactive ketones (excluding diaryl/α,β-unsaturated/α-hetero) is 1. The smallest absolute Gasteiger partial charge is 0.135 e. The summed E-state index contributed by atoms with van der Waals surface area (Å²) in [5.74, 6) is 0.613. The van der Waals surface area contributed by atoms with Gasteiger partial charge >= 0.3 is 0 Å². The number of fused-ring (bicyclic) bond motifs is 1. The van der Waals surface area contributed by atoms with Crippen molar-refractivity contribution in [2.24, 2.45) is 5.92 Å². The van der Waals surface area contributed by atoms with Crippen LogP contribution in [0.25, 0.3) is 10.2 Å². The predicted octanol–water partition coefficient (Wildman–Crippen LogP) is 4.62. The highest BCUT2D eigenvalue weighted by Crippen LogP contribution is 2.19. The lowest BCUT2D eigenvalue weighted by atomic mass is 10.1. The van der Waals surface area contributed by atoms with Crippen LogP contribution in [-0.2, 0) is 4.79 Å². The molecular formula is C15H21NOS. The minimum Gasteiger partial charge on any atom is -0.299 e. The molecule has 0 radical (unpaired) electrons. The molecule has 98 valence electrons. The van der Waals surface area contributed by atoms with Crippen molar-refractivity contribution in [3.8, 4) is 0 Å². The number of rotatable bonds is 3. The van der Waals surface area contributed by atoms with Gasteiger partial charge in [0.05, 0.1) is 15.2 Å². The molecule has 0 aliphatic rings. The number of aromatic nitrogens is 1. The number of thiazole rings is 1. The summed E-state index contributed by atoms with van der Waals surface area (Å²) in [5, 5.41) is 1.14. The number of para-hydroxylation sites is 1. The number of aryl methyl sites for hydroxylation is 1. The summed E-state index contributed by atoms with van der Waals surface area (Å²) >= 11 is 1.74. The summed E-state index contributed by atoms with van der Waals surface area (Å²) < 4.78 is 1.28. The molecule has 1 heterocycles. The fourth-order valence-corrected chi connectivity index (χ4v) is 2.35. The molecule has 0 spiro atoms. The monoisotopic (exact) mass is 263 g/mol. The van der Waals surface area contributed by atoms with Crippen LogP contribution < -0.4 is 0 Å². The lowest BCUT2D eigenvalue weighted by Crippen LogP contribution is -2.04. The van der Waals surface area contributed by atoms with E-state index in [0.717, 1.165) is 23.4 Å². The van der Waals surface area contributed by atoms with Gasteiger partial charge in [0.15, 0.2) is 0 Å². The molecule has 0 aliphatic carbocycles. The third kappa shape index (κ3) is 4.57. The molecule has 2 nitrogen and oxygen atoms in total. The van der Waals surface area contributed by atoms with Gasteiger partial charge < -0.3 is 0 Å². The van der Waals surface area contributed by atoms with Gasteiger partial charge in [-0.15, -0.1) is 11.3 Å². The fraction of sp³-hybridized carbons (Fsp3) is 0.467. The van der Waals surface area contributed by atoms with E-state index in [-0.39, 0.29) is 5.92 Å². The number of hydrogen-bond acceptors (Lipinski definition) is 3. The number of nitrogens with zero attached hydrogens (tertiary/aromatic N) is 1. The molecule has 1 aromatic heterocycles. The van der Waals surface area contributed by atoms with Crippen molar-refractivity contribution in [2.45, 2.75) is 40.5 Å². The molecule has 2 rings (SSSR count). The van der Waals surface area contributed by atoms with E-state index >= 15 is 0 Å². The summed E-state index contributed by atoms with van der Waals surface area (Å²) in [6.45, 7) is 7.95. The van der Waals surface area contributed by atoms with E-state index < -0.39 is 0 Å².